The van der Waals surface area contributed by atoms with Crippen LogP contribution in [0.15, 0.2) is 23.2 Å². The molecule has 1 aromatic carbocycles. The van der Waals surface area contributed by atoms with Crippen LogP contribution >= 0.6 is 24.0 Å². The summed E-state index contributed by atoms with van der Waals surface area (Å²) >= 11 is 0. The van der Waals surface area contributed by atoms with Crippen LogP contribution in [-0.2, 0) is 4.74 Å². The monoisotopic (exact) mass is 483 g/mol. The topological polar surface area (TPSA) is 46.1 Å². The molecular weight excluding hydrogens is 455 g/mol. The van der Waals surface area contributed by atoms with E-state index in [0.717, 1.165) is 37.6 Å². The number of halogens is 3. The van der Waals surface area contributed by atoms with Gasteiger partial charge in [0.15, 0.2) is 17.5 Å². The average Bonchev–Trinajstić information content (AvgIpc) is 3.40. The number of nitrogens with zero attached hydrogens (tertiary/aromatic N) is 2. The molecule has 1 aliphatic rings. The molecule has 1 aliphatic carbocycles. The van der Waals surface area contributed by atoms with E-state index in [0.29, 0.717) is 13.2 Å². The molecule has 0 unspecified atom stereocenters. The van der Waals surface area contributed by atoms with E-state index in [1.54, 1.807) is 0 Å². The molecule has 0 atom stereocenters. The second-order valence-corrected chi connectivity index (χ2v) is 6.10. The second-order valence-electron chi connectivity index (χ2n) is 6.10. The normalized spacial score (nSPS) is 13.9. The number of hydrogen-bond acceptors (Lipinski definition) is 3. The van der Waals surface area contributed by atoms with Gasteiger partial charge < -0.3 is 19.7 Å². The Bertz CT molecular complexity index is 571. The summed E-state index contributed by atoms with van der Waals surface area (Å²) in [6, 6.07) is 3.25. The molecule has 0 aliphatic heterocycles. The lowest BCUT2D eigenvalue weighted by atomic mass is 10.3. The molecule has 0 radical (unpaired) electrons. The molecular formula is C18H28F2IN3O2. The van der Waals surface area contributed by atoms with E-state index in [2.05, 4.69) is 10.3 Å². The van der Waals surface area contributed by atoms with Gasteiger partial charge in [-0.1, -0.05) is 0 Å². The summed E-state index contributed by atoms with van der Waals surface area (Å²) in [5.74, 6) is 0.212. The number of rotatable bonds is 10. The van der Waals surface area contributed by atoms with Gasteiger partial charge in [0.25, 0.3) is 0 Å². The second kappa shape index (κ2) is 12.3. The fraction of sp³-hybridized carbons (Fsp3) is 0.611. The molecule has 0 bridgehead atoms. The summed E-state index contributed by atoms with van der Waals surface area (Å²) in [5.41, 5.74) is 0. The van der Waals surface area contributed by atoms with E-state index in [-0.39, 0.29) is 36.3 Å². The Kier molecular flexibility index (Phi) is 10.8. The molecule has 0 spiro atoms. The Balaban J connectivity index is 0.00000338. The van der Waals surface area contributed by atoms with Crippen LogP contribution in [0.25, 0.3) is 0 Å². The molecule has 8 heteroatoms. The summed E-state index contributed by atoms with van der Waals surface area (Å²) in [4.78, 5) is 6.45. The Morgan fingerprint density at radius 3 is 2.73 bits per heavy atom. The van der Waals surface area contributed by atoms with Crippen molar-refractivity contribution in [1.29, 1.82) is 0 Å². The predicted molar refractivity (Wildman–Crippen MR) is 109 cm³/mol. The maximum atomic E-state index is 13.5. The molecule has 1 saturated carbocycles. The highest BCUT2D eigenvalue weighted by Crippen LogP contribution is 2.28. The van der Waals surface area contributed by atoms with Crippen molar-refractivity contribution in [1.82, 2.24) is 10.2 Å². The highest BCUT2D eigenvalue weighted by atomic mass is 127. The minimum atomic E-state index is -0.708. The van der Waals surface area contributed by atoms with E-state index in [9.17, 15) is 8.78 Å². The van der Waals surface area contributed by atoms with Gasteiger partial charge in [-0.05, 0) is 37.8 Å². The van der Waals surface area contributed by atoms with Crippen molar-refractivity contribution in [2.75, 3.05) is 46.5 Å². The third-order valence-electron chi connectivity index (χ3n) is 3.82. The zero-order valence-corrected chi connectivity index (χ0v) is 17.7. The number of benzene rings is 1. The van der Waals surface area contributed by atoms with Crippen molar-refractivity contribution in [3.8, 4) is 5.75 Å². The summed E-state index contributed by atoms with van der Waals surface area (Å²) in [6.07, 6.45) is 2.57. The number of likely N-dealkylation sites (N-methyl/N-ethyl adjacent to an activating group) is 1. The highest BCUT2D eigenvalue weighted by molar-refractivity contribution is 14.0. The molecule has 0 heterocycles. The Morgan fingerprint density at radius 2 is 2.08 bits per heavy atom. The van der Waals surface area contributed by atoms with E-state index in [4.69, 9.17) is 9.47 Å². The first-order valence-electron chi connectivity index (χ1n) is 8.75. The first kappa shape index (κ1) is 22.9. The molecule has 0 saturated heterocycles. The van der Waals surface area contributed by atoms with E-state index >= 15 is 0 Å². The minimum Gasteiger partial charge on any atom is -0.489 e. The SMILES string of the molecule is CCNC(=NCCOc1ccc(F)cc1F)N(C)CCOCC1CC1.I. The van der Waals surface area contributed by atoms with Gasteiger partial charge >= 0.3 is 0 Å². The quantitative estimate of drug-likeness (QED) is 0.240. The first-order chi connectivity index (χ1) is 12.1. The van der Waals surface area contributed by atoms with Gasteiger partial charge in [-0.3, -0.25) is 0 Å². The molecule has 1 N–H and O–H groups in total. The van der Waals surface area contributed by atoms with Crippen LogP contribution in [0.1, 0.15) is 19.8 Å². The van der Waals surface area contributed by atoms with Crippen LogP contribution in [0.5, 0.6) is 5.75 Å². The van der Waals surface area contributed by atoms with E-state index in [1.807, 2.05) is 18.9 Å². The maximum absolute atomic E-state index is 13.5. The maximum Gasteiger partial charge on any atom is 0.193 e. The van der Waals surface area contributed by atoms with Crippen LogP contribution in [0.3, 0.4) is 0 Å². The third kappa shape index (κ3) is 8.48. The summed E-state index contributed by atoms with van der Waals surface area (Å²) < 4.78 is 37.3. The molecule has 0 aromatic heterocycles. The van der Waals surface area contributed by atoms with Crippen LogP contribution in [-0.4, -0.2) is 57.4 Å². The number of ether oxygens (including phenoxy) is 2. The Labute approximate surface area is 171 Å². The highest BCUT2D eigenvalue weighted by Gasteiger charge is 2.21. The van der Waals surface area contributed by atoms with Gasteiger partial charge in [0.2, 0.25) is 0 Å². The average molecular weight is 483 g/mol. The first-order valence-corrected chi connectivity index (χ1v) is 8.75. The largest absolute Gasteiger partial charge is 0.489 e. The lowest BCUT2D eigenvalue weighted by Gasteiger charge is -2.22. The van der Waals surface area contributed by atoms with Crippen molar-refractivity contribution in [3.05, 3.63) is 29.8 Å². The van der Waals surface area contributed by atoms with Gasteiger partial charge in [0, 0.05) is 32.8 Å². The fourth-order valence-electron chi connectivity index (χ4n) is 2.21. The third-order valence-corrected chi connectivity index (χ3v) is 3.82. The van der Waals surface area contributed by atoms with Gasteiger partial charge in [-0.15, -0.1) is 24.0 Å². The Morgan fingerprint density at radius 1 is 1.31 bits per heavy atom. The lowest BCUT2D eigenvalue weighted by Crippen LogP contribution is -2.40. The fourth-order valence-corrected chi connectivity index (χ4v) is 2.21. The molecule has 2 rings (SSSR count). The Hall–Kier alpha value is -1.16. The predicted octanol–water partition coefficient (Wildman–Crippen LogP) is 3.29. The molecule has 26 heavy (non-hydrogen) atoms. The number of guanidine groups is 1. The van der Waals surface area contributed by atoms with E-state index < -0.39 is 11.6 Å². The molecule has 5 nitrogen and oxygen atoms in total. The van der Waals surface area contributed by atoms with Crippen molar-refractivity contribution < 1.29 is 18.3 Å². The summed E-state index contributed by atoms with van der Waals surface area (Å²) in [5, 5.41) is 3.20. The molecule has 1 aromatic rings. The van der Waals surface area contributed by atoms with E-state index in [1.165, 1.54) is 25.0 Å². The molecule has 148 valence electrons. The zero-order valence-electron chi connectivity index (χ0n) is 15.3. The van der Waals surface area contributed by atoms with Gasteiger partial charge in [-0.2, -0.15) is 0 Å². The molecule has 1 fully saturated rings. The van der Waals surface area contributed by atoms with Crippen molar-refractivity contribution in [2.45, 2.75) is 19.8 Å². The summed E-state index contributed by atoms with van der Waals surface area (Å²) in [7, 11) is 1.95. The van der Waals surface area contributed by atoms with Crippen molar-refractivity contribution >= 4 is 29.9 Å². The van der Waals surface area contributed by atoms with Gasteiger partial charge in [-0.25, -0.2) is 13.8 Å². The standard InChI is InChI=1S/C18H27F2N3O2.HI/c1-3-21-18(23(2)9-11-24-13-14-4-5-14)22-8-10-25-17-7-6-15(19)12-16(17)20;/h6-7,12,14H,3-5,8-11,13H2,1-2H3,(H,21,22);1H. The number of aliphatic imine (C=N–C) groups is 1. The van der Waals surface area contributed by atoms with Crippen LogP contribution < -0.4 is 10.1 Å². The van der Waals surface area contributed by atoms with Crippen molar-refractivity contribution in [2.24, 2.45) is 10.9 Å². The number of hydrogen-bond donors (Lipinski definition) is 1. The minimum absolute atomic E-state index is 0. The lowest BCUT2D eigenvalue weighted by molar-refractivity contribution is 0.115. The van der Waals surface area contributed by atoms with Crippen LogP contribution in [0.2, 0.25) is 0 Å². The van der Waals surface area contributed by atoms with Crippen LogP contribution in [0.4, 0.5) is 8.78 Å². The smallest absolute Gasteiger partial charge is 0.193 e. The van der Waals surface area contributed by atoms with Crippen molar-refractivity contribution in [3.63, 3.8) is 0 Å². The zero-order chi connectivity index (χ0) is 18.1. The van der Waals surface area contributed by atoms with Gasteiger partial charge in [0.1, 0.15) is 12.4 Å². The van der Waals surface area contributed by atoms with Gasteiger partial charge in [0.05, 0.1) is 13.2 Å². The summed E-state index contributed by atoms with van der Waals surface area (Å²) in [6.45, 7) is 5.58. The van der Waals surface area contributed by atoms with Crippen LogP contribution in [0, 0.1) is 17.6 Å². The molecule has 0 amide bonds. The number of nitrogens with one attached hydrogen (secondary N) is 1.